The molecule has 1 atom stereocenters. The first-order valence-corrected chi connectivity index (χ1v) is 7.99. The second-order valence-electron chi connectivity index (χ2n) is 5.41. The monoisotopic (exact) mass is 336 g/mol. The Labute approximate surface area is 128 Å². The van der Waals surface area contributed by atoms with Gasteiger partial charge in [0.1, 0.15) is 0 Å². The molecule has 1 heterocycles. The number of anilines is 1. The fourth-order valence-electron chi connectivity index (χ4n) is 2.07. The molecule has 1 aliphatic rings. The molecule has 1 aliphatic heterocycles. The van der Waals surface area contributed by atoms with Crippen LogP contribution in [0.1, 0.15) is 13.8 Å². The summed E-state index contributed by atoms with van der Waals surface area (Å²) in [6, 6.07) is 1.16. The third-order valence-corrected chi connectivity index (χ3v) is 5.50. The number of amides is 2. The molecule has 0 saturated carbocycles. The lowest BCUT2D eigenvalue weighted by Gasteiger charge is -2.37. The molecule has 0 spiro atoms. The Balaban J connectivity index is 2.12. The molecule has 116 valence electrons. The fraction of sp³-hybridized carbons (Fsp3) is 0.462. The van der Waals surface area contributed by atoms with Crippen molar-refractivity contribution >= 4 is 34.1 Å². The van der Waals surface area contributed by atoms with E-state index in [1.54, 1.807) is 0 Å². The van der Waals surface area contributed by atoms with E-state index in [4.69, 9.17) is 11.6 Å². The van der Waals surface area contributed by atoms with Gasteiger partial charge in [-0.3, -0.25) is 4.21 Å². The van der Waals surface area contributed by atoms with E-state index < -0.39 is 33.2 Å². The van der Waals surface area contributed by atoms with Gasteiger partial charge in [-0.15, -0.1) is 0 Å². The van der Waals surface area contributed by atoms with Gasteiger partial charge >= 0.3 is 6.03 Å². The van der Waals surface area contributed by atoms with Crippen LogP contribution in [0, 0.1) is 11.6 Å². The van der Waals surface area contributed by atoms with Crippen LogP contribution in [0.3, 0.4) is 0 Å². The van der Waals surface area contributed by atoms with E-state index in [0.29, 0.717) is 18.8 Å². The average molecular weight is 337 g/mol. The Morgan fingerprint density at radius 1 is 1.38 bits per heavy atom. The first-order chi connectivity index (χ1) is 9.70. The molecule has 0 radical (unpaired) electrons. The molecule has 0 bridgehead atoms. The van der Waals surface area contributed by atoms with E-state index in [0.717, 1.165) is 12.1 Å². The van der Waals surface area contributed by atoms with Gasteiger partial charge in [-0.1, -0.05) is 11.6 Å². The van der Waals surface area contributed by atoms with Gasteiger partial charge in [-0.2, -0.15) is 0 Å². The maximum atomic E-state index is 13.2. The fourth-order valence-corrected chi connectivity index (χ4v) is 3.50. The Bertz CT molecular complexity index is 610. The van der Waals surface area contributed by atoms with Crippen molar-refractivity contribution in [2.24, 2.45) is 0 Å². The highest BCUT2D eigenvalue weighted by molar-refractivity contribution is 7.86. The van der Waals surface area contributed by atoms with Gasteiger partial charge in [0, 0.05) is 35.7 Å². The first kappa shape index (κ1) is 16.2. The van der Waals surface area contributed by atoms with Gasteiger partial charge in [0.05, 0.1) is 15.5 Å². The number of rotatable bonds is 1. The van der Waals surface area contributed by atoms with Gasteiger partial charge in [0.2, 0.25) is 0 Å². The van der Waals surface area contributed by atoms with Gasteiger partial charge in [-0.25, -0.2) is 13.6 Å². The molecular formula is C13H15ClF2N2O2S. The molecule has 1 aromatic carbocycles. The standard InChI is InChI=1S/C13H15ClF2N2O2S/c1-13(2)7-18(3-4-21(13)20)12(19)17-11-6-10(16)9(15)5-8(11)14/h5-6H,3-4,7H2,1-2H3,(H,17,19). The van der Waals surface area contributed by atoms with Crippen molar-refractivity contribution in [2.75, 3.05) is 24.2 Å². The summed E-state index contributed by atoms with van der Waals surface area (Å²) in [5.74, 6) is -1.78. The Morgan fingerprint density at radius 2 is 2.00 bits per heavy atom. The van der Waals surface area contributed by atoms with Crippen molar-refractivity contribution < 1.29 is 17.8 Å². The van der Waals surface area contributed by atoms with Crippen LogP contribution in [-0.2, 0) is 10.8 Å². The highest BCUT2D eigenvalue weighted by Gasteiger charge is 2.35. The van der Waals surface area contributed by atoms with Gasteiger partial charge in [0.15, 0.2) is 11.6 Å². The number of halogens is 3. The van der Waals surface area contributed by atoms with E-state index in [9.17, 15) is 17.8 Å². The van der Waals surface area contributed by atoms with Crippen LogP contribution in [0.2, 0.25) is 5.02 Å². The number of hydrogen-bond acceptors (Lipinski definition) is 2. The number of carbonyl (C=O) groups is 1. The summed E-state index contributed by atoms with van der Waals surface area (Å²) in [6.07, 6.45) is 0. The predicted molar refractivity (Wildman–Crippen MR) is 79.0 cm³/mol. The van der Waals surface area contributed by atoms with E-state index >= 15 is 0 Å². The molecule has 21 heavy (non-hydrogen) atoms. The van der Waals surface area contributed by atoms with Crippen LogP contribution in [-0.4, -0.2) is 38.7 Å². The molecule has 2 amide bonds. The van der Waals surface area contributed by atoms with Crippen molar-refractivity contribution in [3.63, 3.8) is 0 Å². The third-order valence-electron chi connectivity index (χ3n) is 3.27. The second kappa shape index (κ2) is 5.88. The Kier molecular flexibility index (Phi) is 4.53. The van der Waals surface area contributed by atoms with Gasteiger partial charge < -0.3 is 10.2 Å². The summed E-state index contributed by atoms with van der Waals surface area (Å²) >= 11 is 5.78. The second-order valence-corrected chi connectivity index (χ2v) is 8.02. The maximum Gasteiger partial charge on any atom is 0.321 e. The van der Waals surface area contributed by atoms with Gasteiger partial charge in [-0.05, 0) is 19.9 Å². The van der Waals surface area contributed by atoms with Crippen LogP contribution >= 0.6 is 11.6 Å². The molecule has 0 aromatic heterocycles. The molecule has 4 nitrogen and oxygen atoms in total. The largest absolute Gasteiger partial charge is 0.322 e. The lowest BCUT2D eigenvalue weighted by molar-refractivity contribution is 0.207. The van der Waals surface area contributed by atoms with E-state index in [1.807, 2.05) is 13.8 Å². The predicted octanol–water partition coefficient (Wildman–Crippen LogP) is 2.99. The van der Waals surface area contributed by atoms with Crippen LogP contribution in [0.4, 0.5) is 19.3 Å². The Hall–Kier alpha value is -1.21. The molecule has 1 saturated heterocycles. The topological polar surface area (TPSA) is 49.4 Å². The summed E-state index contributed by atoms with van der Waals surface area (Å²) < 4.78 is 37.5. The lowest BCUT2D eigenvalue weighted by Crippen LogP contribution is -2.53. The number of benzene rings is 1. The summed E-state index contributed by atoms with van der Waals surface area (Å²) in [4.78, 5) is 13.6. The summed E-state index contributed by atoms with van der Waals surface area (Å²) in [6.45, 7) is 4.27. The molecule has 1 aromatic rings. The van der Waals surface area contributed by atoms with Gasteiger partial charge in [0.25, 0.3) is 0 Å². The molecule has 2 rings (SSSR count). The zero-order valence-electron chi connectivity index (χ0n) is 11.6. The normalized spacial score (nSPS) is 21.2. The van der Waals surface area contributed by atoms with Crippen molar-refractivity contribution in [1.82, 2.24) is 4.90 Å². The van der Waals surface area contributed by atoms with E-state index in [-0.39, 0.29) is 10.7 Å². The minimum Gasteiger partial charge on any atom is -0.322 e. The summed E-state index contributed by atoms with van der Waals surface area (Å²) in [5.41, 5.74) is 0.00469. The zero-order valence-corrected chi connectivity index (χ0v) is 13.2. The van der Waals surface area contributed by atoms with E-state index in [1.165, 1.54) is 4.90 Å². The quantitative estimate of drug-likeness (QED) is 0.801. The molecule has 1 N–H and O–H groups in total. The van der Waals surface area contributed by atoms with Crippen LogP contribution in [0.15, 0.2) is 12.1 Å². The number of nitrogens with zero attached hydrogens (tertiary/aromatic N) is 1. The maximum absolute atomic E-state index is 13.2. The SMILES string of the molecule is CC1(C)CN(C(=O)Nc2cc(F)c(F)cc2Cl)CCS1=O. The highest BCUT2D eigenvalue weighted by Crippen LogP contribution is 2.26. The third kappa shape index (κ3) is 3.52. The lowest BCUT2D eigenvalue weighted by atomic mass is 10.2. The summed E-state index contributed by atoms with van der Waals surface area (Å²) in [7, 11) is -1.00. The molecule has 0 aliphatic carbocycles. The van der Waals surface area contributed by atoms with Crippen molar-refractivity contribution in [3.05, 3.63) is 28.8 Å². The van der Waals surface area contributed by atoms with Crippen LogP contribution in [0.25, 0.3) is 0 Å². The average Bonchev–Trinajstić information content (AvgIpc) is 2.39. The first-order valence-electron chi connectivity index (χ1n) is 6.29. The number of urea groups is 1. The highest BCUT2D eigenvalue weighted by atomic mass is 35.5. The molecule has 1 fully saturated rings. The number of nitrogens with one attached hydrogen (secondary N) is 1. The number of hydrogen-bond donors (Lipinski definition) is 1. The molecular weight excluding hydrogens is 322 g/mol. The van der Waals surface area contributed by atoms with Crippen molar-refractivity contribution in [3.8, 4) is 0 Å². The van der Waals surface area contributed by atoms with Crippen LogP contribution < -0.4 is 5.32 Å². The van der Waals surface area contributed by atoms with E-state index in [2.05, 4.69) is 5.32 Å². The Morgan fingerprint density at radius 3 is 2.62 bits per heavy atom. The minimum absolute atomic E-state index is 0.00469. The van der Waals surface area contributed by atoms with Crippen LogP contribution in [0.5, 0.6) is 0 Å². The number of carbonyl (C=O) groups excluding carboxylic acids is 1. The molecule has 8 heteroatoms. The minimum atomic E-state index is -1.09. The summed E-state index contributed by atoms with van der Waals surface area (Å²) in [5, 5.41) is 2.37. The zero-order chi connectivity index (χ0) is 15.8. The molecule has 1 unspecified atom stereocenters. The smallest absolute Gasteiger partial charge is 0.321 e. The van der Waals surface area contributed by atoms with Crippen molar-refractivity contribution in [2.45, 2.75) is 18.6 Å². The van der Waals surface area contributed by atoms with Crippen molar-refractivity contribution in [1.29, 1.82) is 0 Å².